The number of hydrazone groups is 1. The molecule has 0 saturated carbocycles. The third-order valence-electron chi connectivity index (χ3n) is 5.53. The number of benzene rings is 2. The van der Waals surface area contributed by atoms with Gasteiger partial charge in [0.15, 0.2) is 0 Å². The number of anilines is 1. The van der Waals surface area contributed by atoms with Crippen LogP contribution >= 0.6 is 0 Å². The third-order valence-corrected chi connectivity index (χ3v) is 5.53. The summed E-state index contributed by atoms with van der Waals surface area (Å²) in [6, 6.07) is 21.1. The van der Waals surface area contributed by atoms with Gasteiger partial charge in [0.05, 0.1) is 18.4 Å². The van der Waals surface area contributed by atoms with Crippen molar-refractivity contribution in [3.8, 4) is 0 Å². The van der Waals surface area contributed by atoms with Crippen LogP contribution in [0.2, 0.25) is 0 Å². The van der Waals surface area contributed by atoms with Crippen molar-refractivity contribution in [2.45, 2.75) is 19.4 Å². The van der Waals surface area contributed by atoms with Crippen LogP contribution in [0.15, 0.2) is 84.2 Å². The minimum Gasteiger partial charge on any atom is -0.395 e. The molecule has 0 aliphatic carbocycles. The van der Waals surface area contributed by atoms with Crippen molar-refractivity contribution in [3.05, 3.63) is 95.8 Å². The summed E-state index contributed by atoms with van der Waals surface area (Å²) in [4.78, 5) is 19.6. The topological polar surface area (TPSA) is 69.0 Å². The predicted molar refractivity (Wildman–Crippen MR) is 122 cm³/mol. The molecule has 0 fully saturated rings. The van der Waals surface area contributed by atoms with E-state index in [0.717, 1.165) is 29.1 Å². The van der Waals surface area contributed by atoms with E-state index < -0.39 is 0 Å². The number of nitrogens with zero attached hydrogens (tertiary/aromatic N) is 4. The van der Waals surface area contributed by atoms with Crippen LogP contribution in [0, 0.1) is 0 Å². The fraction of sp³-hybridized carbons (Fsp3) is 0.240. The molecule has 6 heteroatoms. The van der Waals surface area contributed by atoms with Gasteiger partial charge in [-0.15, -0.1) is 0 Å². The van der Waals surface area contributed by atoms with Crippen LogP contribution in [0.25, 0.3) is 0 Å². The van der Waals surface area contributed by atoms with Gasteiger partial charge in [0, 0.05) is 48.7 Å². The molecule has 1 aliphatic heterocycles. The molecule has 0 saturated heterocycles. The molecule has 0 radical (unpaired) electrons. The van der Waals surface area contributed by atoms with E-state index in [1.165, 1.54) is 0 Å². The zero-order valence-electron chi connectivity index (χ0n) is 17.6. The molecule has 2 heterocycles. The number of aromatic nitrogens is 1. The van der Waals surface area contributed by atoms with E-state index in [2.05, 4.69) is 16.8 Å². The third kappa shape index (κ3) is 4.49. The lowest BCUT2D eigenvalue weighted by Gasteiger charge is -2.25. The average molecular weight is 415 g/mol. The predicted octanol–water partition coefficient (Wildman–Crippen LogP) is 3.89. The highest BCUT2D eigenvalue weighted by Crippen LogP contribution is 2.34. The van der Waals surface area contributed by atoms with Crippen molar-refractivity contribution in [3.63, 3.8) is 0 Å². The first kappa shape index (κ1) is 20.8. The Morgan fingerprint density at radius 1 is 1.10 bits per heavy atom. The van der Waals surface area contributed by atoms with Gasteiger partial charge in [-0.25, -0.2) is 5.01 Å². The van der Waals surface area contributed by atoms with Crippen molar-refractivity contribution in [1.82, 2.24) is 9.99 Å². The molecule has 2 aromatic carbocycles. The zero-order chi connectivity index (χ0) is 21.6. The Labute approximate surface area is 182 Å². The summed E-state index contributed by atoms with van der Waals surface area (Å²) in [7, 11) is 0. The molecule has 1 aliphatic rings. The summed E-state index contributed by atoms with van der Waals surface area (Å²) in [5.41, 5.74) is 4.46. The van der Waals surface area contributed by atoms with Crippen LogP contribution in [-0.2, 0) is 0 Å². The van der Waals surface area contributed by atoms with E-state index in [-0.39, 0.29) is 18.6 Å². The number of aliphatic hydroxyl groups excluding tert-OH is 1. The number of carbonyl (C=O) groups is 1. The Morgan fingerprint density at radius 2 is 1.87 bits per heavy atom. The zero-order valence-corrected chi connectivity index (χ0v) is 17.6. The van der Waals surface area contributed by atoms with Gasteiger partial charge in [-0.05, 0) is 42.8 Å². The Balaban J connectivity index is 1.65. The van der Waals surface area contributed by atoms with Gasteiger partial charge in [0.2, 0.25) is 0 Å². The highest BCUT2D eigenvalue weighted by Gasteiger charge is 2.33. The maximum absolute atomic E-state index is 13.3. The Hall–Kier alpha value is -3.51. The fourth-order valence-electron chi connectivity index (χ4n) is 3.88. The van der Waals surface area contributed by atoms with Gasteiger partial charge in [0.25, 0.3) is 5.91 Å². The van der Waals surface area contributed by atoms with Gasteiger partial charge in [-0.2, -0.15) is 5.10 Å². The molecule has 31 heavy (non-hydrogen) atoms. The van der Waals surface area contributed by atoms with Gasteiger partial charge >= 0.3 is 0 Å². The first-order valence-electron chi connectivity index (χ1n) is 10.5. The second-order valence-corrected chi connectivity index (χ2v) is 7.42. The summed E-state index contributed by atoms with van der Waals surface area (Å²) in [6.07, 6.45) is 4.13. The van der Waals surface area contributed by atoms with Crippen LogP contribution in [0.4, 0.5) is 5.69 Å². The number of pyridine rings is 1. The summed E-state index contributed by atoms with van der Waals surface area (Å²) >= 11 is 0. The van der Waals surface area contributed by atoms with Crippen molar-refractivity contribution >= 4 is 17.3 Å². The quantitative estimate of drug-likeness (QED) is 0.637. The van der Waals surface area contributed by atoms with Gasteiger partial charge in [0.1, 0.15) is 0 Å². The second kappa shape index (κ2) is 9.53. The van der Waals surface area contributed by atoms with E-state index >= 15 is 0 Å². The normalized spacial score (nSPS) is 15.6. The molecule has 4 rings (SSSR count). The maximum atomic E-state index is 13.3. The van der Waals surface area contributed by atoms with Gasteiger partial charge in [-0.3, -0.25) is 9.78 Å². The van der Waals surface area contributed by atoms with Crippen molar-refractivity contribution in [2.24, 2.45) is 5.10 Å². The number of carbonyl (C=O) groups excluding carboxylic acids is 1. The number of hydrogen-bond acceptors (Lipinski definition) is 5. The average Bonchev–Trinajstić information content (AvgIpc) is 3.29. The van der Waals surface area contributed by atoms with Crippen LogP contribution in [-0.4, -0.2) is 46.4 Å². The number of rotatable bonds is 7. The lowest BCUT2D eigenvalue weighted by Crippen LogP contribution is -2.27. The van der Waals surface area contributed by atoms with E-state index in [1.807, 2.05) is 66.7 Å². The maximum Gasteiger partial charge on any atom is 0.274 e. The molecule has 0 bridgehead atoms. The van der Waals surface area contributed by atoms with Crippen molar-refractivity contribution in [1.29, 1.82) is 0 Å². The molecule has 3 aromatic rings. The summed E-state index contributed by atoms with van der Waals surface area (Å²) in [5.74, 6) is -0.121. The molecule has 6 nitrogen and oxygen atoms in total. The molecule has 1 atom stereocenters. The number of aliphatic hydroxyl groups is 1. The second-order valence-electron chi connectivity index (χ2n) is 7.42. The van der Waals surface area contributed by atoms with E-state index in [4.69, 9.17) is 5.10 Å². The summed E-state index contributed by atoms with van der Waals surface area (Å²) < 4.78 is 0. The Morgan fingerprint density at radius 3 is 2.52 bits per heavy atom. The van der Waals surface area contributed by atoms with Crippen LogP contribution < -0.4 is 4.90 Å². The molecule has 1 unspecified atom stereocenters. The Bertz CT molecular complexity index is 1040. The molecule has 158 valence electrons. The highest BCUT2D eigenvalue weighted by molar-refractivity contribution is 6.04. The fourth-order valence-corrected chi connectivity index (χ4v) is 3.88. The molecule has 1 amide bonds. The SMILES string of the molecule is CCN(CCO)c1ccc(C2CC(c3cccnc3)=NN2C(=O)c2ccccc2)cc1. The standard InChI is InChI=1S/C25H26N4O2/c1-2-28(15-16-30)22-12-10-19(11-13-22)24-17-23(21-9-6-14-26-18-21)27-29(24)25(31)20-7-4-3-5-8-20/h3-14,18,24,30H,2,15-17H2,1H3. The Kier molecular flexibility index (Phi) is 6.38. The number of likely N-dealkylation sites (N-methyl/N-ethyl adjacent to an activating group) is 1. The molecule has 1 aromatic heterocycles. The van der Waals surface area contributed by atoms with Crippen LogP contribution in [0.1, 0.15) is 40.9 Å². The van der Waals surface area contributed by atoms with Crippen LogP contribution in [0.5, 0.6) is 0 Å². The lowest BCUT2D eigenvalue weighted by molar-refractivity contribution is 0.0711. The van der Waals surface area contributed by atoms with Gasteiger partial charge < -0.3 is 10.0 Å². The molecular formula is C25H26N4O2. The lowest BCUT2D eigenvalue weighted by atomic mass is 9.98. The monoisotopic (exact) mass is 414 g/mol. The number of amides is 1. The van der Waals surface area contributed by atoms with Crippen LogP contribution in [0.3, 0.4) is 0 Å². The van der Waals surface area contributed by atoms with E-state index in [9.17, 15) is 9.90 Å². The summed E-state index contributed by atoms with van der Waals surface area (Å²) in [6.45, 7) is 3.58. The largest absolute Gasteiger partial charge is 0.395 e. The molecular weight excluding hydrogens is 388 g/mol. The minimum atomic E-state index is -0.190. The van der Waals surface area contributed by atoms with E-state index in [1.54, 1.807) is 17.4 Å². The molecule has 0 spiro atoms. The van der Waals surface area contributed by atoms with E-state index in [0.29, 0.717) is 18.5 Å². The number of hydrogen-bond donors (Lipinski definition) is 1. The minimum absolute atomic E-state index is 0.111. The van der Waals surface area contributed by atoms with Gasteiger partial charge in [-0.1, -0.05) is 36.4 Å². The first-order chi connectivity index (χ1) is 15.2. The van der Waals surface area contributed by atoms with Crippen molar-refractivity contribution in [2.75, 3.05) is 24.6 Å². The summed E-state index contributed by atoms with van der Waals surface area (Å²) in [5, 5.41) is 15.6. The molecule has 1 N–H and O–H groups in total. The highest BCUT2D eigenvalue weighted by atomic mass is 16.3. The first-order valence-corrected chi connectivity index (χ1v) is 10.5. The van der Waals surface area contributed by atoms with Crippen molar-refractivity contribution < 1.29 is 9.90 Å². The smallest absolute Gasteiger partial charge is 0.274 e.